The van der Waals surface area contributed by atoms with E-state index in [0.29, 0.717) is 11.0 Å². The maximum atomic E-state index is 12.2. The molecule has 3 rings (SSSR count). The van der Waals surface area contributed by atoms with Crippen molar-refractivity contribution < 1.29 is 17.2 Å². The van der Waals surface area contributed by atoms with Crippen LogP contribution in [-0.4, -0.2) is 38.7 Å². The lowest BCUT2D eigenvalue weighted by molar-refractivity contribution is 0.260. The average molecular weight is 380 g/mol. The van der Waals surface area contributed by atoms with Crippen LogP contribution in [-0.2, 0) is 21.1 Å². The standard InChI is InChI=1S/C15H16N4O6S/c1-10-7-11-13(8-12(10)18-5-3-16-9-18)19(15(21)14(20)17-11)4-2-6-25-26(22,23)24/h3,5,7-9H,2,4,6H2,1H3,(H,17,20)(H,22,23,24). The fourth-order valence-electron chi connectivity index (χ4n) is 2.71. The number of fused-ring (bicyclic) bond motifs is 1. The van der Waals surface area contributed by atoms with E-state index in [1.807, 2.05) is 6.92 Å². The summed E-state index contributed by atoms with van der Waals surface area (Å²) in [7, 11) is -4.55. The zero-order chi connectivity index (χ0) is 18.9. The molecule has 0 unspecified atom stereocenters. The highest BCUT2D eigenvalue weighted by Crippen LogP contribution is 2.20. The number of rotatable bonds is 6. The number of nitrogens with zero attached hydrogens (tertiary/aromatic N) is 3. The predicted octanol–water partition coefficient (Wildman–Crippen LogP) is 0.393. The van der Waals surface area contributed by atoms with E-state index in [1.165, 1.54) is 4.57 Å². The molecular formula is C15H16N4O6S. The number of hydrogen-bond donors (Lipinski definition) is 2. The lowest BCUT2D eigenvalue weighted by atomic mass is 10.1. The Bertz CT molecular complexity index is 1160. The lowest BCUT2D eigenvalue weighted by Gasteiger charge is -2.13. The number of aromatic amines is 1. The van der Waals surface area contributed by atoms with Gasteiger partial charge in [-0.1, -0.05) is 0 Å². The zero-order valence-electron chi connectivity index (χ0n) is 13.7. The van der Waals surface area contributed by atoms with Gasteiger partial charge >= 0.3 is 21.5 Å². The summed E-state index contributed by atoms with van der Waals surface area (Å²) in [6, 6.07) is 3.49. The predicted molar refractivity (Wildman–Crippen MR) is 92.8 cm³/mol. The summed E-state index contributed by atoms with van der Waals surface area (Å²) >= 11 is 0. The Labute approximate surface area is 147 Å². The van der Waals surface area contributed by atoms with E-state index in [9.17, 15) is 18.0 Å². The van der Waals surface area contributed by atoms with Gasteiger partial charge in [-0.05, 0) is 31.0 Å². The van der Waals surface area contributed by atoms with E-state index in [-0.39, 0.29) is 19.6 Å². The monoisotopic (exact) mass is 380 g/mol. The second-order valence-corrected chi connectivity index (χ2v) is 6.73. The van der Waals surface area contributed by atoms with Gasteiger partial charge in [0.15, 0.2) is 0 Å². The number of hydrogen-bond acceptors (Lipinski definition) is 6. The second kappa shape index (κ2) is 6.86. The minimum absolute atomic E-state index is 0.0429. The van der Waals surface area contributed by atoms with E-state index in [0.717, 1.165) is 11.3 Å². The number of H-pyrrole nitrogens is 1. The molecule has 0 saturated carbocycles. The molecule has 2 aromatic heterocycles. The van der Waals surface area contributed by atoms with Gasteiger partial charge in [-0.25, -0.2) is 9.17 Å². The van der Waals surface area contributed by atoms with Gasteiger partial charge in [-0.2, -0.15) is 8.42 Å². The highest BCUT2D eigenvalue weighted by Gasteiger charge is 2.12. The van der Waals surface area contributed by atoms with Crippen LogP contribution >= 0.6 is 0 Å². The van der Waals surface area contributed by atoms with Crippen LogP contribution in [0, 0.1) is 6.92 Å². The van der Waals surface area contributed by atoms with Crippen molar-refractivity contribution in [2.75, 3.05) is 6.61 Å². The number of imidazole rings is 1. The van der Waals surface area contributed by atoms with Crippen LogP contribution in [0.2, 0.25) is 0 Å². The molecule has 0 radical (unpaired) electrons. The summed E-state index contributed by atoms with van der Waals surface area (Å²) in [5, 5.41) is 0. The number of nitrogens with one attached hydrogen (secondary N) is 1. The van der Waals surface area contributed by atoms with E-state index < -0.39 is 21.5 Å². The smallest absolute Gasteiger partial charge is 0.316 e. The van der Waals surface area contributed by atoms with Crippen LogP contribution < -0.4 is 11.1 Å². The first-order chi connectivity index (χ1) is 12.3. The van der Waals surface area contributed by atoms with Crippen molar-refractivity contribution in [2.24, 2.45) is 0 Å². The fourth-order valence-corrected chi connectivity index (χ4v) is 3.03. The summed E-state index contributed by atoms with van der Waals surface area (Å²) in [6.45, 7) is 1.59. The largest absolute Gasteiger partial charge is 0.397 e. The minimum Gasteiger partial charge on any atom is -0.316 e. The summed E-state index contributed by atoms with van der Waals surface area (Å²) in [5.74, 6) is 0. The van der Waals surface area contributed by atoms with Crippen LogP contribution in [0.15, 0.2) is 40.4 Å². The Balaban J connectivity index is 2.05. The molecular weight excluding hydrogens is 364 g/mol. The molecule has 0 aliphatic heterocycles. The maximum absolute atomic E-state index is 12.2. The molecule has 0 aliphatic carbocycles. The summed E-state index contributed by atoms with van der Waals surface area (Å²) in [5.41, 5.74) is 1.07. The van der Waals surface area contributed by atoms with Crippen molar-refractivity contribution in [3.8, 4) is 5.69 Å². The molecule has 0 atom stereocenters. The summed E-state index contributed by atoms with van der Waals surface area (Å²) in [6.07, 6.45) is 5.09. The van der Waals surface area contributed by atoms with E-state index in [4.69, 9.17) is 4.55 Å². The van der Waals surface area contributed by atoms with E-state index in [2.05, 4.69) is 14.2 Å². The molecule has 0 fully saturated rings. The van der Waals surface area contributed by atoms with Gasteiger partial charge in [-0.3, -0.25) is 14.1 Å². The Morgan fingerprint density at radius 3 is 2.73 bits per heavy atom. The lowest BCUT2D eigenvalue weighted by Crippen LogP contribution is -2.36. The quantitative estimate of drug-likeness (QED) is 0.359. The van der Waals surface area contributed by atoms with Crippen LogP contribution in [0.25, 0.3) is 16.7 Å². The van der Waals surface area contributed by atoms with Crippen LogP contribution in [0.1, 0.15) is 12.0 Å². The topological polar surface area (TPSA) is 136 Å². The van der Waals surface area contributed by atoms with Gasteiger partial charge in [0.1, 0.15) is 0 Å². The molecule has 2 N–H and O–H groups in total. The van der Waals surface area contributed by atoms with Crippen molar-refractivity contribution >= 4 is 21.4 Å². The second-order valence-electron chi connectivity index (χ2n) is 5.64. The molecule has 0 spiro atoms. The molecule has 3 aromatic rings. The third kappa shape index (κ3) is 3.74. The SMILES string of the molecule is Cc1cc2[nH]c(=O)c(=O)n(CCCOS(=O)(=O)O)c2cc1-n1ccnc1. The molecule has 26 heavy (non-hydrogen) atoms. The van der Waals surface area contributed by atoms with Gasteiger partial charge in [0.05, 0.1) is 29.7 Å². The van der Waals surface area contributed by atoms with Crippen molar-refractivity contribution in [3.05, 3.63) is 57.1 Å². The minimum atomic E-state index is -4.55. The Hall–Kier alpha value is -2.76. The van der Waals surface area contributed by atoms with Gasteiger partial charge in [0.2, 0.25) is 0 Å². The van der Waals surface area contributed by atoms with Gasteiger partial charge < -0.3 is 14.1 Å². The van der Waals surface area contributed by atoms with Crippen molar-refractivity contribution in [3.63, 3.8) is 0 Å². The van der Waals surface area contributed by atoms with Gasteiger partial charge in [-0.15, -0.1) is 0 Å². The van der Waals surface area contributed by atoms with E-state index >= 15 is 0 Å². The first kappa shape index (κ1) is 18.0. The number of aryl methyl sites for hydroxylation is 2. The van der Waals surface area contributed by atoms with Crippen LogP contribution in [0.5, 0.6) is 0 Å². The van der Waals surface area contributed by atoms with Crippen molar-refractivity contribution in [1.82, 2.24) is 19.1 Å². The Morgan fingerprint density at radius 1 is 1.31 bits per heavy atom. The third-order valence-electron chi connectivity index (χ3n) is 3.83. The van der Waals surface area contributed by atoms with Crippen LogP contribution in [0.4, 0.5) is 0 Å². The van der Waals surface area contributed by atoms with Crippen molar-refractivity contribution in [2.45, 2.75) is 19.9 Å². The summed E-state index contributed by atoms with van der Waals surface area (Å²) in [4.78, 5) is 30.7. The fraction of sp³-hybridized carbons (Fsp3) is 0.267. The molecule has 0 amide bonds. The first-order valence-electron chi connectivity index (χ1n) is 7.64. The van der Waals surface area contributed by atoms with Crippen molar-refractivity contribution in [1.29, 1.82) is 0 Å². The molecule has 2 heterocycles. The highest BCUT2D eigenvalue weighted by molar-refractivity contribution is 7.80. The average Bonchev–Trinajstić information content (AvgIpc) is 3.07. The molecule has 138 valence electrons. The number of benzene rings is 1. The highest BCUT2D eigenvalue weighted by atomic mass is 32.3. The van der Waals surface area contributed by atoms with Crippen LogP contribution in [0.3, 0.4) is 0 Å². The summed E-state index contributed by atoms with van der Waals surface area (Å²) < 4.78 is 37.0. The number of aromatic nitrogens is 4. The normalized spacial score (nSPS) is 11.9. The molecule has 0 aliphatic rings. The third-order valence-corrected chi connectivity index (χ3v) is 4.30. The van der Waals surface area contributed by atoms with Gasteiger partial charge in [0.25, 0.3) is 0 Å². The molecule has 0 saturated heterocycles. The maximum Gasteiger partial charge on any atom is 0.397 e. The Morgan fingerprint density at radius 2 is 2.08 bits per heavy atom. The molecule has 11 heteroatoms. The zero-order valence-corrected chi connectivity index (χ0v) is 14.6. The molecule has 10 nitrogen and oxygen atoms in total. The molecule has 1 aromatic carbocycles. The Kier molecular flexibility index (Phi) is 4.76. The van der Waals surface area contributed by atoms with E-state index in [1.54, 1.807) is 35.4 Å². The molecule has 0 bridgehead atoms. The first-order valence-corrected chi connectivity index (χ1v) is 9.00. The van der Waals surface area contributed by atoms with Gasteiger partial charge in [0, 0.05) is 18.9 Å².